The van der Waals surface area contributed by atoms with Crippen molar-refractivity contribution in [2.75, 3.05) is 11.9 Å². The number of fused-ring (bicyclic) bond motifs is 2. The maximum atomic E-state index is 5.84. The molecule has 23 heavy (non-hydrogen) atoms. The molecule has 0 aliphatic carbocycles. The van der Waals surface area contributed by atoms with Crippen LogP contribution in [0.3, 0.4) is 0 Å². The second-order valence-corrected chi connectivity index (χ2v) is 5.46. The highest BCUT2D eigenvalue weighted by Gasteiger charge is 2.14. The smallest absolute Gasteiger partial charge is 0.220 e. The van der Waals surface area contributed by atoms with E-state index in [-0.39, 0.29) is 24.0 Å². The molecule has 5 heteroatoms. The zero-order valence-corrected chi connectivity index (χ0v) is 15.1. The third-order valence-electron chi connectivity index (χ3n) is 3.84. The Balaban J connectivity index is 0.00000156. The molecule has 0 saturated carbocycles. The van der Waals surface area contributed by atoms with Crippen LogP contribution >= 0.6 is 0 Å². The molecule has 1 aromatic carbocycles. The van der Waals surface area contributed by atoms with Crippen molar-refractivity contribution in [3.63, 3.8) is 0 Å². The summed E-state index contributed by atoms with van der Waals surface area (Å²) in [4.78, 5) is 6.65. The standard InChI is InChI=1S/C18H16N3O.HI/c1-20-9-8-15-17(12-20)22-18(19-15)11-13-7-10-21(2)16-6-4-3-5-14(13)16;/h3-12H,1-2H3;1H/q+1;/p-1. The van der Waals surface area contributed by atoms with Crippen molar-refractivity contribution >= 4 is 28.4 Å². The number of anilines is 1. The topological polar surface area (TPSA) is 33.2 Å². The van der Waals surface area contributed by atoms with Crippen molar-refractivity contribution in [1.82, 2.24) is 4.98 Å². The molecular weight excluding hydrogens is 401 g/mol. The number of pyridine rings is 1. The Hall–Kier alpha value is -2.15. The summed E-state index contributed by atoms with van der Waals surface area (Å²) in [5.41, 5.74) is 5.13. The van der Waals surface area contributed by atoms with E-state index < -0.39 is 0 Å². The molecule has 3 heterocycles. The molecule has 0 atom stereocenters. The van der Waals surface area contributed by atoms with Crippen LogP contribution in [-0.2, 0) is 7.05 Å². The number of para-hydroxylation sites is 1. The summed E-state index contributed by atoms with van der Waals surface area (Å²) < 4.78 is 7.79. The van der Waals surface area contributed by atoms with Gasteiger partial charge in [-0.2, -0.15) is 0 Å². The summed E-state index contributed by atoms with van der Waals surface area (Å²) in [6.45, 7) is 0. The largest absolute Gasteiger partial charge is 1.00 e. The highest BCUT2D eigenvalue weighted by Crippen LogP contribution is 2.33. The fourth-order valence-electron chi connectivity index (χ4n) is 2.70. The van der Waals surface area contributed by atoms with Gasteiger partial charge in [0.15, 0.2) is 6.20 Å². The van der Waals surface area contributed by atoms with E-state index in [4.69, 9.17) is 4.42 Å². The summed E-state index contributed by atoms with van der Waals surface area (Å²) in [6.07, 6.45) is 10.0. The van der Waals surface area contributed by atoms with Crippen LogP contribution < -0.4 is 33.4 Å². The van der Waals surface area contributed by atoms with Gasteiger partial charge < -0.3 is 33.3 Å². The van der Waals surface area contributed by atoms with E-state index in [9.17, 15) is 0 Å². The molecule has 116 valence electrons. The Bertz CT molecular complexity index is 927. The van der Waals surface area contributed by atoms with Gasteiger partial charge in [-0.15, -0.1) is 0 Å². The molecule has 4 rings (SSSR count). The zero-order chi connectivity index (χ0) is 15.1. The molecule has 0 radical (unpaired) electrons. The fourth-order valence-corrected chi connectivity index (χ4v) is 2.70. The molecule has 0 amide bonds. The lowest BCUT2D eigenvalue weighted by Gasteiger charge is -2.23. The van der Waals surface area contributed by atoms with Crippen molar-refractivity contribution in [2.24, 2.45) is 7.05 Å². The Kier molecular flexibility index (Phi) is 4.21. The average Bonchev–Trinajstić information content (AvgIpc) is 2.92. The quantitative estimate of drug-likeness (QED) is 0.418. The highest BCUT2D eigenvalue weighted by atomic mass is 127. The number of nitrogens with zero attached hydrogens (tertiary/aromatic N) is 3. The number of halogens is 1. The van der Waals surface area contributed by atoms with E-state index >= 15 is 0 Å². The van der Waals surface area contributed by atoms with Gasteiger partial charge in [-0.25, -0.2) is 9.55 Å². The predicted octanol–water partition coefficient (Wildman–Crippen LogP) is 0.160. The first-order valence-electron chi connectivity index (χ1n) is 7.19. The molecule has 2 aromatic heterocycles. The van der Waals surface area contributed by atoms with Gasteiger partial charge >= 0.3 is 0 Å². The van der Waals surface area contributed by atoms with E-state index in [0.29, 0.717) is 5.89 Å². The minimum atomic E-state index is 0. The summed E-state index contributed by atoms with van der Waals surface area (Å²) >= 11 is 0. The molecular formula is C18H16IN3O. The summed E-state index contributed by atoms with van der Waals surface area (Å²) in [7, 11) is 4.02. The minimum Gasteiger partial charge on any atom is -1.00 e. The number of benzene rings is 1. The first-order valence-corrected chi connectivity index (χ1v) is 7.19. The van der Waals surface area contributed by atoms with Crippen LogP contribution in [0, 0.1) is 0 Å². The van der Waals surface area contributed by atoms with E-state index in [1.165, 1.54) is 11.3 Å². The number of aromatic nitrogens is 2. The van der Waals surface area contributed by atoms with Crippen LogP contribution in [0.4, 0.5) is 5.69 Å². The molecule has 0 spiro atoms. The zero-order valence-electron chi connectivity index (χ0n) is 12.9. The molecule has 1 aliphatic rings. The Labute approximate surface area is 151 Å². The SMILES string of the molecule is CN1C=C/C(=C\c2nc3cc[n+](C)cc3o2)c2ccccc21.[I-]. The van der Waals surface area contributed by atoms with E-state index in [2.05, 4.69) is 34.3 Å². The van der Waals surface area contributed by atoms with Crippen molar-refractivity contribution in [1.29, 1.82) is 0 Å². The number of hydrogen-bond acceptors (Lipinski definition) is 3. The van der Waals surface area contributed by atoms with Crippen LogP contribution in [-0.4, -0.2) is 12.0 Å². The van der Waals surface area contributed by atoms with Crippen molar-refractivity contribution in [2.45, 2.75) is 0 Å². The predicted molar refractivity (Wildman–Crippen MR) is 87.0 cm³/mol. The van der Waals surface area contributed by atoms with E-state index in [1.54, 1.807) is 0 Å². The Morgan fingerprint density at radius 1 is 1.22 bits per heavy atom. The third kappa shape index (κ3) is 2.88. The molecule has 0 N–H and O–H groups in total. The molecule has 4 nitrogen and oxygen atoms in total. The molecule has 0 unspecified atom stereocenters. The van der Waals surface area contributed by atoms with Gasteiger partial charge in [0.1, 0.15) is 12.6 Å². The first kappa shape index (κ1) is 15.7. The second kappa shape index (κ2) is 6.16. The van der Waals surface area contributed by atoms with Crippen LogP contribution in [0.25, 0.3) is 22.7 Å². The van der Waals surface area contributed by atoms with Crippen LogP contribution in [0.15, 0.2) is 59.4 Å². The summed E-state index contributed by atoms with van der Waals surface area (Å²) in [6, 6.07) is 10.3. The summed E-state index contributed by atoms with van der Waals surface area (Å²) in [5, 5.41) is 0. The third-order valence-corrected chi connectivity index (χ3v) is 3.84. The Morgan fingerprint density at radius 3 is 2.91 bits per heavy atom. The van der Waals surface area contributed by atoms with Gasteiger partial charge in [0, 0.05) is 36.6 Å². The maximum absolute atomic E-state index is 5.84. The lowest BCUT2D eigenvalue weighted by Crippen LogP contribution is -3.00. The van der Waals surface area contributed by atoms with Crippen LogP contribution in [0.5, 0.6) is 0 Å². The number of rotatable bonds is 1. The molecule has 3 aromatic rings. The van der Waals surface area contributed by atoms with Gasteiger partial charge in [-0.3, -0.25) is 0 Å². The fraction of sp³-hybridized carbons (Fsp3) is 0.111. The maximum Gasteiger partial charge on any atom is 0.220 e. The van der Waals surface area contributed by atoms with Crippen molar-refractivity contribution < 1.29 is 33.0 Å². The van der Waals surface area contributed by atoms with Crippen LogP contribution in [0.2, 0.25) is 0 Å². The number of hydrogen-bond donors (Lipinski definition) is 0. The van der Waals surface area contributed by atoms with Gasteiger partial charge in [0.25, 0.3) is 0 Å². The van der Waals surface area contributed by atoms with E-state index in [0.717, 1.165) is 16.7 Å². The van der Waals surface area contributed by atoms with Crippen molar-refractivity contribution in [3.8, 4) is 0 Å². The number of oxazole rings is 1. The molecule has 0 saturated heterocycles. The molecule has 0 bridgehead atoms. The monoisotopic (exact) mass is 417 g/mol. The van der Waals surface area contributed by atoms with Gasteiger partial charge in [-0.1, -0.05) is 18.2 Å². The Morgan fingerprint density at radius 2 is 2.04 bits per heavy atom. The highest BCUT2D eigenvalue weighted by molar-refractivity contribution is 5.94. The lowest BCUT2D eigenvalue weighted by atomic mass is 10.00. The average molecular weight is 417 g/mol. The number of allylic oxidation sites excluding steroid dienone is 2. The van der Waals surface area contributed by atoms with Gasteiger partial charge in [0.05, 0.1) is 0 Å². The van der Waals surface area contributed by atoms with Crippen LogP contribution in [0.1, 0.15) is 11.5 Å². The normalized spacial score (nSPS) is 14.9. The molecule has 0 fully saturated rings. The molecule has 1 aliphatic heterocycles. The van der Waals surface area contributed by atoms with E-state index in [1.807, 2.05) is 55.3 Å². The van der Waals surface area contributed by atoms with Gasteiger partial charge in [-0.05, 0) is 17.7 Å². The lowest BCUT2D eigenvalue weighted by molar-refractivity contribution is -0.670. The summed E-state index contributed by atoms with van der Waals surface area (Å²) in [5.74, 6) is 0.625. The first-order chi connectivity index (χ1) is 10.7. The van der Waals surface area contributed by atoms with Gasteiger partial charge in [0.2, 0.25) is 17.7 Å². The second-order valence-electron chi connectivity index (χ2n) is 5.46. The minimum absolute atomic E-state index is 0. The van der Waals surface area contributed by atoms with Crippen molar-refractivity contribution in [3.05, 3.63) is 66.5 Å². The number of aryl methyl sites for hydroxylation is 1.